The van der Waals surface area contributed by atoms with Crippen molar-refractivity contribution in [2.45, 2.75) is 19.8 Å². The largest absolute Gasteiger partial charge is 0.497 e. The van der Waals surface area contributed by atoms with Crippen molar-refractivity contribution in [3.8, 4) is 5.75 Å². The molecule has 3 nitrogen and oxygen atoms in total. The van der Waals surface area contributed by atoms with Crippen LogP contribution in [0.25, 0.3) is 0 Å². The number of methoxy groups -OCH3 is 1. The molecule has 0 unspecified atom stereocenters. The van der Waals surface area contributed by atoms with E-state index < -0.39 is 0 Å². The summed E-state index contributed by atoms with van der Waals surface area (Å²) >= 11 is 0. The van der Waals surface area contributed by atoms with Crippen LogP contribution >= 0.6 is 0 Å². The highest BCUT2D eigenvalue weighted by molar-refractivity contribution is 5.81. The minimum atomic E-state index is 0.377. The number of benzene rings is 1. The van der Waals surface area contributed by atoms with Gasteiger partial charge in [-0.05, 0) is 30.7 Å². The predicted octanol–water partition coefficient (Wildman–Crippen LogP) is 2.17. The standard InChI is InChI=1S/C13H17NO2/c1-10-9-12(16-2)3-4-13(10)14-7-5-11(15)6-8-14/h3-4,9H,5-8H2,1-2H3. The number of hydrogen-bond acceptors (Lipinski definition) is 3. The lowest BCUT2D eigenvalue weighted by Gasteiger charge is -2.29. The second-order valence-corrected chi connectivity index (χ2v) is 4.18. The molecule has 16 heavy (non-hydrogen) atoms. The molecular formula is C13H17NO2. The molecule has 0 N–H and O–H groups in total. The van der Waals surface area contributed by atoms with E-state index in [1.807, 2.05) is 12.1 Å². The predicted molar refractivity (Wildman–Crippen MR) is 64.2 cm³/mol. The Kier molecular flexibility index (Phi) is 3.13. The van der Waals surface area contributed by atoms with Crippen molar-refractivity contribution in [2.75, 3.05) is 25.1 Å². The molecule has 3 heteroatoms. The van der Waals surface area contributed by atoms with Gasteiger partial charge in [-0.3, -0.25) is 4.79 Å². The van der Waals surface area contributed by atoms with Gasteiger partial charge in [-0.25, -0.2) is 0 Å². The highest BCUT2D eigenvalue weighted by Gasteiger charge is 2.17. The zero-order valence-corrected chi connectivity index (χ0v) is 9.82. The molecule has 1 fully saturated rings. The number of aryl methyl sites for hydroxylation is 1. The van der Waals surface area contributed by atoms with Crippen LogP contribution in [-0.2, 0) is 4.79 Å². The van der Waals surface area contributed by atoms with Crippen molar-refractivity contribution in [3.05, 3.63) is 23.8 Å². The van der Waals surface area contributed by atoms with E-state index in [4.69, 9.17) is 4.74 Å². The summed E-state index contributed by atoms with van der Waals surface area (Å²) < 4.78 is 5.18. The summed E-state index contributed by atoms with van der Waals surface area (Å²) in [7, 11) is 1.67. The van der Waals surface area contributed by atoms with E-state index >= 15 is 0 Å². The first-order valence-electron chi connectivity index (χ1n) is 5.62. The number of piperidine rings is 1. The Bertz CT molecular complexity index is 391. The fourth-order valence-corrected chi connectivity index (χ4v) is 2.11. The zero-order valence-electron chi connectivity index (χ0n) is 9.82. The minimum Gasteiger partial charge on any atom is -0.497 e. The van der Waals surface area contributed by atoms with E-state index in [2.05, 4.69) is 17.9 Å². The van der Waals surface area contributed by atoms with Gasteiger partial charge in [0.25, 0.3) is 0 Å². The van der Waals surface area contributed by atoms with E-state index in [0.717, 1.165) is 18.8 Å². The van der Waals surface area contributed by atoms with Gasteiger partial charge in [0.2, 0.25) is 0 Å². The Morgan fingerprint density at radius 1 is 1.25 bits per heavy atom. The molecular weight excluding hydrogens is 202 g/mol. The number of nitrogens with zero attached hydrogens (tertiary/aromatic N) is 1. The molecule has 1 aliphatic rings. The van der Waals surface area contributed by atoms with Gasteiger partial charge in [0.15, 0.2) is 0 Å². The van der Waals surface area contributed by atoms with Crippen LogP contribution in [-0.4, -0.2) is 26.0 Å². The quantitative estimate of drug-likeness (QED) is 0.763. The molecule has 0 spiro atoms. The molecule has 2 rings (SSSR count). The molecule has 1 aliphatic heterocycles. The monoisotopic (exact) mass is 219 g/mol. The van der Waals surface area contributed by atoms with Crippen molar-refractivity contribution in [1.82, 2.24) is 0 Å². The van der Waals surface area contributed by atoms with Crippen LogP contribution in [0, 0.1) is 6.92 Å². The normalized spacial score (nSPS) is 16.4. The van der Waals surface area contributed by atoms with Gasteiger partial charge in [0.05, 0.1) is 7.11 Å². The molecule has 0 bridgehead atoms. The van der Waals surface area contributed by atoms with Gasteiger partial charge in [-0.15, -0.1) is 0 Å². The lowest BCUT2D eigenvalue weighted by atomic mass is 10.1. The number of carbonyl (C=O) groups excluding carboxylic acids is 1. The number of hydrogen-bond donors (Lipinski definition) is 0. The molecule has 1 aromatic carbocycles. The van der Waals surface area contributed by atoms with Gasteiger partial charge >= 0.3 is 0 Å². The van der Waals surface area contributed by atoms with Gasteiger partial charge in [-0.1, -0.05) is 0 Å². The van der Waals surface area contributed by atoms with Crippen LogP contribution in [0.1, 0.15) is 18.4 Å². The number of ketones is 1. The summed E-state index contributed by atoms with van der Waals surface area (Å²) in [4.78, 5) is 13.5. The van der Waals surface area contributed by atoms with Crippen molar-refractivity contribution in [2.24, 2.45) is 0 Å². The lowest BCUT2D eigenvalue weighted by Crippen LogP contribution is -2.34. The van der Waals surface area contributed by atoms with Crippen LogP contribution < -0.4 is 9.64 Å². The molecule has 86 valence electrons. The molecule has 1 heterocycles. The topological polar surface area (TPSA) is 29.5 Å². The smallest absolute Gasteiger partial charge is 0.136 e. The van der Waals surface area contributed by atoms with Gasteiger partial charge in [0, 0.05) is 31.6 Å². The maximum atomic E-state index is 11.2. The molecule has 0 saturated carbocycles. The van der Waals surface area contributed by atoms with Crippen LogP contribution in [0.5, 0.6) is 5.75 Å². The van der Waals surface area contributed by atoms with Crippen molar-refractivity contribution in [1.29, 1.82) is 0 Å². The SMILES string of the molecule is COc1ccc(N2CCC(=O)CC2)c(C)c1. The third kappa shape index (κ3) is 2.18. The third-order valence-electron chi connectivity index (χ3n) is 3.07. The van der Waals surface area contributed by atoms with Crippen molar-refractivity contribution < 1.29 is 9.53 Å². The average molecular weight is 219 g/mol. The summed E-state index contributed by atoms with van der Waals surface area (Å²) in [5.74, 6) is 1.26. The summed E-state index contributed by atoms with van der Waals surface area (Å²) in [6.07, 6.45) is 1.34. The second-order valence-electron chi connectivity index (χ2n) is 4.18. The Morgan fingerprint density at radius 3 is 2.50 bits per heavy atom. The number of ether oxygens (including phenoxy) is 1. The fourth-order valence-electron chi connectivity index (χ4n) is 2.11. The molecule has 1 saturated heterocycles. The molecule has 0 radical (unpaired) electrons. The van der Waals surface area contributed by atoms with Crippen molar-refractivity contribution in [3.63, 3.8) is 0 Å². The summed E-state index contributed by atoms with van der Waals surface area (Å²) in [5.41, 5.74) is 2.42. The van der Waals surface area contributed by atoms with Gasteiger partial charge < -0.3 is 9.64 Å². The molecule has 0 amide bonds. The van der Waals surface area contributed by atoms with E-state index in [1.165, 1.54) is 11.3 Å². The first kappa shape index (κ1) is 11.0. The maximum absolute atomic E-state index is 11.2. The number of carbonyl (C=O) groups is 1. The van der Waals surface area contributed by atoms with E-state index in [9.17, 15) is 4.79 Å². The minimum absolute atomic E-state index is 0.377. The molecule has 0 atom stereocenters. The van der Waals surface area contributed by atoms with Gasteiger partial charge in [0.1, 0.15) is 11.5 Å². The zero-order chi connectivity index (χ0) is 11.5. The van der Waals surface area contributed by atoms with Crippen LogP contribution in [0.15, 0.2) is 18.2 Å². The second kappa shape index (κ2) is 4.56. The fraction of sp³-hybridized carbons (Fsp3) is 0.462. The highest BCUT2D eigenvalue weighted by Crippen LogP contribution is 2.26. The number of anilines is 1. The highest BCUT2D eigenvalue weighted by atomic mass is 16.5. The van der Waals surface area contributed by atoms with E-state index in [0.29, 0.717) is 18.6 Å². The van der Waals surface area contributed by atoms with Crippen LogP contribution in [0.2, 0.25) is 0 Å². The molecule has 1 aromatic rings. The third-order valence-corrected chi connectivity index (χ3v) is 3.07. The number of rotatable bonds is 2. The Labute approximate surface area is 96.0 Å². The van der Waals surface area contributed by atoms with E-state index in [-0.39, 0.29) is 0 Å². The van der Waals surface area contributed by atoms with Gasteiger partial charge in [-0.2, -0.15) is 0 Å². The average Bonchev–Trinajstić information content (AvgIpc) is 2.30. The maximum Gasteiger partial charge on any atom is 0.136 e. The first-order valence-corrected chi connectivity index (χ1v) is 5.62. The molecule has 0 aromatic heterocycles. The Balaban J connectivity index is 2.17. The number of Topliss-reactive ketones (excluding diaryl/α,β-unsaturated/α-hetero) is 1. The van der Waals surface area contributed by atoms with Crippen LogP contribution in [0.4, 0.5) is 5.69 Å². The molecule has 0 aliphatic carbocycles. The van der Waals surface area contributed by atoms with Crippen LogP contribution in [0.3, 0.4) is 0 Å². The lowest BCUT2D eigenvalue weighted by molar-refractivity contribution is -0.119. The summed E-state index contributed by atoms with van der Waals surface area (Å²) in [6.45, 7) is 3.76. The Hall–Kier alpha value is -1.51. The summed E-state index contributed by atoms with van der Waals surface area (Å²) in [6, 6.07) is 6.08. The Morgan fingerprint density at radius 2 is 1.94 bits per heavy atom. The van der Waals surface area contributed by atoms with Crippen molar-refractivity contribution >= 4 is 11.5 Å². The summed E-state index contributed by atoms with van der Waals surface area (Å²) in [5, 5.41) is 0. The van der Waals surface area contributed by atoms with E-state index in [1.54, 1.807) is 7.11 Å². The first-order chi connectivity index (χ1) is 7.70.